The maximum absolute atomic E-state index is 3.78. The summed E-state index contributed by atoms with van der Waals surface area (Å²) >= 11 is 0. The Kier molecular flexibility index (Phi) is 4.92. The van der Waals surface area contributed by atoms with E-state index in [2.05, 4.69) is 19.2 Å². The van der Waals surface area contributed by atoms with E-state index in [1.807, 2.05) is 0 Å². The molecule has 0 saturated heterocycles. The van der Waals surface area contributed by atoms with Gasteiger partial charge in [0.2, 0.25) is 0 Å². The van der Waals surface area contributed by atoms with Gasteiger partial charge in [-0.05, 0) is 49.9 Å². The Balaban J connectivity index is 0.00000112. The highest BCUT2D eigenvalue weighted by Gasteiger charge is 2.32. The van der Waals surface area contributed by atoms with Gasteiger partial charge >= 0.3 is 0 Å². The minimum atomic E-state index is 0. The third kappa shape index (κ3) is 3.64. The lowest BCUT2D eigenvalue weighted by Gasteiger charge is -2.40. The average molecular weight is 232 g/mol. The van der Waals surface area contributed by atoms with Gasteiger partial charge in [0.05, 0.1) is 0 Å². The SMILES string of the molecule is CC1CCC(NCC2(C)CCC2)CC1.Cl. The van der Waals surface area contributed by atoms with Gasteiger partial charge in [-0.25, -0.2) is 0 Å². The van der Waals surface area contributed by atoms with Crippen LogP contribution in [0.3, 0.4) is 0 Å². The zero-order valence-electron chi connectivity index (χ0n) is 10.2. The lowest BCUT2D eigenvalue weighted by molar-refractivity contribution is 0.143. The Bertz CT molecular complexity index is 181. The van der Waals surface area contributed by atoms with Crippen LogP contribution in [0.4, 0.5) is 0 Å². The molecule has 0 amide bonds. The van der Waals surface area contributed by atoms with Crippen molar-refractivity contribution >= 4 is 12.4 Å². The van der Waals surface area contributed by atoms with Crippen molar-refractivity contribution in [2.75, 3.05) is 6.54 Å². The van der Waals surface area contributed by atoms with E-state index in [0.717, 1.165) is 12.0 Å². The Morgan fingerprint density at radius 2 is 1.73 bits per heavy atom. The van der Waals surface area contributed by atoms with Crippen LogP contribution in [0.2, 0.25) is 0 Å². The standard InChI is InChI=1S/C13H25N.ClH/c1-11-4-6-12(7-5-11)14-10-13(2)8-3-9-13;/h11-12,14H,3-10H2,1-2H3;1H. The van der Waals surface area contributed by atoms with Crippen LogP contribution in [0.25, 0.3) is 0 Å². The molecule has 0 bridgehead atoms. The highest BCUT2D eigenvalue weighted by molar-refractivity contribution is 5.85. The van der Waals surface area contributed by atoms with Crippen LogP contribution in [0.5, 0.6) is 0 Å². The Morgan fingerprint density at radius 3 is 2.20 bits per heavy atom. The molecule has 0 unspecified atom stereocenters. The molecule has 2 rings (SSSR count). The summed E-state index contributed by atoms with van der Waals surface area (Å²) in [5.74, 6) is 0.979. The molecule has 0 aromatic carbocycles. The minimum Gasteiger partial charge on any atom is -0.313 e. The molecule has 0 spiro atoms. The third-order valence-electron chi connectivity index (χ3n) is 4.39. The summed E-state index contributed by atoms with van der Waals surface area (Å²) in [5, 5.41) is 3.78. The molecular formula is C13H26ClN. The van der Waals surface area contributed by atoms with Crippen LogP contribution in [0, 0.1) is 11.3 Å². The molecule has 0 heterocycles. The summed E-state index contributed by atoms with van der Waals surface area (Å²) in [6.07, 6.45) is 10.1. The zero-order chi connectivity index (χ0) is 10.0. The Hall–Kier alpha value is 0.250. The van der Waals surface area contributed by atoms with E-state index in [0.29, 0.717) is 5.41 Å². The largest absolute Gasteiger partial charge is 0.313 e. The van der Waals surface area contributed by atoms with Crippen molar-refractivity contribution in [3.05, 3.63) is 0 Å². The third-order valence-corrected chi connectivity index (χ3v) is 4.39. The summed E-state index contributed by atoms with van der Waals surface area (Å²) in [7, 11) is 0. The monoisotopic (exact) mass is 231 g/mol. The predicted molar refractivity (Wildman–Crippen MR) is 68.6 cm³/mol. The molecule has 0 aromatic heterocycles. The van der Waals surface area contributed by atoms with Gasteiger partial charge < -0.3 is 5.32 Å². The van der Waals surface area contributed by atoms with E-state index in [1.54, 1.807) is 0 Å². The fraction of sp³-hybridized carbons (Fsp3) is 1.00. The molecule has 0 aromatic rings. The number of hydrogen-bond acceptors (Lipinski definition) is 1. The number of halogens is 1. The Labute approximate surface area is 101 Å². The van der Waals surface area contributed by atoms with Gasteiger partial charge in [-0.1, -0.05) is 20.3 Å². The molecule has 15 heavy (non-hydrogen) atoms. The van der Waals surface area contributed by atoms with Gasteiger partial charge in [0.1, 0.15) is 0 Å². The lowest BCUT2D eigenvalue weighted by Crippen LogP contribution is -2.43. The molecular weight excluding hydrogens is 206 g/mol. The molecule has 0 radical (unpaired) electrons. The molecule has 2 fully saturated rings. The van der Waals surface area contributed by atoms with Crippen molar-refractivity contribution in [1.82, 2.24) is 5.32 Å². The highest BCUT2D eigenvalue weighted by Crippen LogP contribution is 2.39. The van der Waals surface area contributed by atoms with Gasteiger partial charge in [-0.2, -0.15) is 0 Å². The van der Waals surface area contributed by atoms with Gasteiger partial charge in [0, 0.05) is 12.6 Å². The van der Waals surface area contributed by atoms with E-state index in [1.165, 1.54) is 51.5 Å². The lowest BCUT2D eigenvalue weighted by atomic mass is 9.70. The average Bonchev–Trinajstić information content (AvgIpc) is 2.14. The number of nitrogens with one attached hydrogen (secondary N) is 1. The summed E-state index contributed by atoms with van der Waals surface area (Å²) in [5.41, 5.74) is 0.656. The molecule has 2 aliphatic rings. The summed E-state index contributed by atoms with van der Waals surface area (Å²) in [4.78, 5) is 0. The zero-order valence-corrected chi connectivity index (χ0v) is 11.0. The Morgan fingerprint density at radius 1 is 1.13 bits per heavy atom. The van der Waals surface area contributed by atoms with Gasteiger partial charge in [0.25, 0.3) is 0 Å². The fourth-order valence-corrected chi connectivity index (χ4v) is 2.81. The van der Waals surface area contributed by atoms with Crippen LogP contribution in [-0.2, 0) is 0 Å². The number of hydrogen-bond donors (Lipinski definition) is 1. The van der Waals surface area contributed by atoms with Gasteiger partial charge in [0.15, 0.2) is 0 Å². The molecule has 90 valence electrons. The first-order valence-electron chi connectivity index (χ1n) is 6.41. The van der Waals surface area contributed by atoms with E-state index in [4.69, 9.17) is 0 Å². The van der Waals surface area contributed by atoms with Crippen molar-refractivity contribution in [1.29, 1.82) is 0 Å². The van der Waals surface area contributed by atoms with Gasteiger partial charge in [-0.15, -0.1) is 12.4 Å². The van der Waals surface area contributed by atoms with Crippen LogP contribution in [-0.4, -0.2) is 12.6 Å². The summed E-state index contributed by atoms with van der Waals surface area (Å²) < 4.78 is 0. The normalized spacial score (nSPS) is 34.0. The van der Waals surface area contributed by atoms with E-state index < -0.39 is 0 Å². The number of rotatable bonds is 3. The molecule has 0 aliphatic heterocycles. The molecule has 2 saturated carbocycles. The molecule has 2 heteroatoms. The summed E-state index contributed by atoms with van der Waals surface area (Å²) in [6, 6.07) is 0.837. The van der Waals surface area contributed by atoms with E-state index in [9.17, 15) is 0 Å². The fourth-order valence-electron chi connectivity index (χ4n) is 2.81. The summed E-state index contributed by atoms with van der Waals surface area (Å²) in [6.45, 7) is 6.10. The second kappa shape index (κ2) is 5.54. The topological polar surface area (TPSA) is 12.0 Å². The van der Waals surface area contributed by atoms with Crippen LogP contribution >= 0.6 is 12.4 Å². The van der Waals surface area contributed by atoms with E-state index in [-0.39, 0.29) is 12.4 Å². The van der Waals surface area contributed by atoms with Crippen LogP contribution in [0.15, 0.2) is 0 Å². The minimum absolute atomic E-state index is 0. The van der Waals surface area contributed by atoms with Crippen molar-refractivity contribution in [3.63, 3.8) is 0 Å². The molecule has 2 aliphatic carbocycles. The van der Waals surface area contributed by atoms with Crippen molar-refractivity contribution in [2.24, 2.45) is 11.3 Å². The highest BCUT2D eigenvalue weighted by atomic mass is 35.5. The predicted octanol–water partition coefficient (Wildman–Crippen LogP) is 3.77. The smallest absolute Gasteiger partial charge is 0.00674 e. The van der Waals surface area contributed by atoms with Crippen molar-refractivity contribution in [2.45, 2.75) is 64.8 Å². The van der Waals surface area contributed by atoms with E-state index >= 15 is 0 Å². The quantitative estimate of drug-likeness (QED) is 0.780. The van der Waals surface area contributed by atoms with Crippen molar-refractivity contribution in [3.8, 4) is 0 Å². The first-order valence-corrected chi connectivity index (χ1v) is 6.41. The molecule has 1 N–H and O–H groups in total. The van der Waals surface area contributed by atoms with Crippen molar-refractivity contribution < 1.29 is 0 Å². The van der Waals surface area contributed by atoms with Crippen LogP contribution < -0.4 is 5.32 Å². The maximum atomic E-state index is 3.78. The first-order chi connectivity index (χ1) is 6.68. The second-order valence-corrected chi connectivity index (χ2v) is 6.00. The first kappa shape index (κ1) is 13.3. The maximum Gasteiger partial charge on any atom is 0.00674 e. The van der Waals surface area contributed by atoms with Crippen LogP contribution in [0.1, 0.15) is 58.8 Å². The van der Waals surface area contributed by atoms with Gasteiger partial charge in [-0.3, -0.25) is 0 Å². The molecule has 1 nitrogen and oxygen atoms in total. The molecule has 0 atom stereocenters. The second-order valence-electron chi connectivity index (χ2n) is 6.00.